The van der Waals surface area contributed by atoms with Gasteiger partial charge >= 0.3 is 0 Å². The van der Waals surface area contributed by atoms with Crippen LogP contribution in [0.15, 0.2) is 41.1 Å². The monoisotopic (exact) mass is 344 g/mol. The first-order valence-corrected chi connectivity index (χ1v) is 7.93. The number of halogens is 1. The fourth-order valence-electron chi connectivity index (χ4n) is 2.02. The smallest absolute Gasteiger partial charge is 0.276 e. The van der Waals surface area contributed by atoms with E-state index in [0.29, 0.717) is 11.3 Å². The Morgan fingerprint density at radius 3 is 2.67 bits per heavy atom. The summed E-state index contributed by atoms with van der Waals surface area (Å²) in [7, 11) is 0. The normalized spacial score (nSPS) is 10.4. The maximum Gasteiger partial charge on any atom is 0.276 e. The molecule has 0 radical (unpaired) electrons. The van der Waals surface area contributed by atoms with Gasteiger partial charge in [0.05, 0.1) is 11.3 Å². The van der Waals surface area contributed by atoms with E-state index in [0.717, 1.165) is 5.69 Å². The first-order chi connectivity index (χ1) is 11.5. The minimum Gasteiger partial charge on any atom is -0.321 e. The van der Waals surface area contributed by atoms with Crippen LogP contribution in [0.3, 0.4) is 0 Å². The second kappa shape index (κ2) is 6.63. The number of rotatable bonds is 4. The zero-order chi connectivity index (χ0) is 17.1. The molecule has 6 nitrogen and oxygen atoms in total. The van der Waals surface area contributed by atoms with E-state index in [4.69, 9.17) is 0 Å². The largest absolute Gasteiger partial charge is 0.321 e. The molecule has 0 aliphatic carbocycles. The number of aryl methyl sites for hydroxylation is 1. The summed E-state index contributed by atoms with van der Waals surface area (Å²) >= 11 is 1.37. The number of amides is 2. The number of aromatic amines is 1. The Bertz CT molecular complexity index is 889. The first-order valence-electron chi connectivity index (χ1n) is 6.99. The zero-order valence-electron chi connectivity index (χ0n) is 12.6. The Kier molecular flexibility index (Phi) is 4.39. The lowest BCUT2D eigenvalue weighted by molar-refractivity contribution is 0.101. The Hall–Kier alpha value is -3.00. The first kappa shape index (κ1) is 15.9. The highest BCUT2D eigenvalue weighted by Gasteiger charge is 2.13. The molecule has 0 spiro atoms. The number of aromatic nitrogens is 2. The molecule has 2 aromatic heterocycles. The van der Waals surface area contributed by atoms with Gasteiger partial charge in [0.15, 0.2) is 5.69 Å². The number of nitrogens with one attached hydrogen (secondary N) is 3. The van der Waals surface area contributed by atoms with E-state index in [-0.39, 0.29) is 11.4 Å². The van der Waals surface area contributed by atoms with Crippen molar-refractivity contribution in [2.24, 2.45) is 0 Å². The fraction of sp³-hybridized carbons (Fsp3) is 0.0625. The van der Waals surface area contributed by atoms with Crippen LogP contribution < -0.4 is 10.6 Å². The SMILES string of the molecule is Cc1cc(C(=O)Nc2ccc(F)c(NC(=O)c3ccsc3)c2)n[nH]1. The van der Waals surface area contributed by atoms with Crippen molar-refractivity contribution in [3.8, 4) is 0 Å². The molecular formula is C16H13FN4O2S. The van der Waals surface area contributed by atoms with E-state index >= 15 is 0 Å². The van der Waals surface area contributed by atoms with Gasteiger partial charge in [-0.25, -0.2) is 4.39 Å². The van der Waals surface area contributed by atoms with Crippen LogP contribution in [-0.4, -0.2) is 22.0 Å². The highest BCUT2D eigenvalue weighted by Crippen LogP contribution is 2.21. The minimum absolute atomic E-state index is 0.0118. The summed E-state index contributed by atoms with van der Waals surface area (Å²) in [6, 6.07) is 7.18. The van der Waals surface area contributed by atoms with Crippen molar-refractivity contribution in [3.63, 3.8) is 0 Å². The molecule has 122 valence electrons. The van der Waals surface area contributed by atoms with Crippen LogP contribution in [0.25, 0.3) is 0 Å². The Morgan fingerprint density at radius 1 is 1.17 bits per heavy atom. The summed E-state index contributed by atoms with van der Waals surface area (Å²) in [6.07, 6.45) is 0. The van der Waals surface area contributed by atoms with Crippen LogP contribution >= 0.6 is 11.3 Å². The maximum absolute atomic E-state index is 13.9. The van der Waals surface area contributed by atoms with Gasteiger partial charge in [0.25, 0.3) is 11.8 Å². The van der Waals surface area contributed by atoms with E-state index < -0.39 is 17.6 Å². The molecule has 3 N–H and O–H groups in total. The molecule has 0 bridgehead atoms. The molecule has 2 heterocycles. The van der Waals surface area contributed by atoms with Gasteiger partial charge in [0.1, 0.15) is 5.82 Å². The van der Waals surface area contributed by atoms with Crippen LogP contribution in [0.1, 0.15) is 26.5 Å². The number of carbonyl (C=O) groups is 2. The third-order valence-electron chi connectivity index (χ3n) is 3.19. The second-order valence-corrected chi connectivity index (χ2v) is 5.83. The van der Waals surface area contributed by atoms with Crippen LogP contribution in [-0.2, 0) is 0 Å². The van der Waals surface area contributed by atoms with Crippen LogP contribution in [0, 0.1) is 12.7 Å². The summed E-state index contributed by atoms with van der Waals surface area (Å²) in [5.74, 6) is -1.44. The number of H-pyrrole nitrogens is 1. The second-order valence-electron chi connectivity index (χ2n) is 5.05. The number of hydrogen-bond acceptors (Lipinski definition) is 4. The van der Waals surface area contributed by atoms with Gasteiger partial charge in [0.2, 0.25) is 0 Å². The molecule has 0 saturated carbocycles. The molecule has 8 heteroatoms. The molecule has 0 atom stereocenters. The average molecular weight is 344 g/mol. The van der Waals surface area contributed by atoms with Crippen molar-refractivity contribution in [1.82, 2.24) is 10.2 Å². The van der Waals surface area contributed by atoms with Crippen molar-refractivity contribution in [3.05, 3.63) is 63.9 Å². The Labute approximate surface area is 140 Å². The molecule has 3 rings (SSSR count). The predicted molar refractivity (Wildman–Crippen MR) is 90.0 cm³/mol. The average Bonchev–Trinajstić information content (AvgIpc) is 3.22. The molecule has 0 aliphatic rings. The van der Waals surface area contributed by atoms with Crippen molar-refractivity contribution in [1.29, 1.82) is 0 Å². The van der Waals surface area contributed by atoms with Gasteiger partial charge in [-0.15, -0.1) is 0 Å². The van der Waals surface area contributed by atoms with Crippen molar-refractivity contribution in [2.45, 2.75) is 6.92 Å². The fourth-order valence-corrected chi connectivity index (χ4v) is 2.65. The quantitative estimate of drug-likeness (QED) is 0.678. The highest BCUT2D eigenvalue weighted by molar-refractivity contribution is 7.08. The lowest BCUT2D eigenvalue weighted by atomic mass is 10.2. The molecule has 0 saturated heterocycles. The van der Waals surface area contributed by atoms with Crippen molar-refractivity contribution >= 4 is 34.5 Å². The minimum atomic E-state index is -0.591. The third kappa shape index (κ3) is 3.49. The van der Waals surface area contributed by atoms with Crippen LogP contribution in [0.4, 0.5) is 15.8 Å². The van der Waals surface area contributed by atoms with Gasteiger partial charge in [-0.1, -0.05) is 0 Å². The van der Waals surface area contributed by atoms with Crippen LogP contribution in [0.5, 0.6) is 0 Å². The van der Waals surface area contributed by atoms with Gasteiger partial charge < -0.3 is 10.6 Å². The number of benzene rings is 1. The van der Waals surface area contributed by atoms with E-state index in [2.05, 4.69) is 20.8 Å². The summed E-state index contributed by atoms with van der Waals surface area (Å²) < 4.78 is 13.9. The summed E-state index contributed by atoms with van der Waals surface area (Å²) in [5, 5.41) is 15.0. The lowest BCUT2D eigenvalue weighted by Gasteiger charge is -2.09. The molecule has 2 amide bonds. The van der Waals surface area contributed by atoms with Crippen LogP contribution in [0.2, 0.25) is 0 Å². The topological polar surface area (TPSA) is 86.9 Å². The summed E-state index contributed by atoms with van der Waals surface area (Å²) in [6.45, 7) is 1.78. The molecule has 0 fully saturated rings. The van der Waals surface area contributed by atoms with Gasteiger partial charge in [0, 0.05) is 16.8 Å². The van der Waals surface area contributed by atoms with Gasteiger partial charge in [-0.05, 0) is 42.6 Å². The number of hydrogen-bond donors (Lipinski definition) is 3. The van der Waals surface area contributed by atoms with E-state index in [9.17, 15) is 14.0 Å². The third-order valence-corrected chi connectivity index (χ3v) is 3.88. The molecule has 1 aromatic carbocycles. The predicted octanol–water partition coefficient (Wildman–Crippen LogP) is 3.42. The number of thiophene rings is 1. The Balaban J connectivity index is 1.76. The number of anilines is 2. The molecule has 3 aromatic rings. The number of carbonyl (C=O) groups excluding carboxylic acids is 2. The summed E-state index contributed by atoms with van der Waals surface area (Å²) in [5.41, 5.74) is 1.76. The standard InChI is InChI=1S/C16H13FN4O2S/c1-9-6-14(21-20-9)16(23)18-11-2-3-12(17)13(7-11)19-15(22)10-4-5-24-8-10/h2-8H,1H3,(H,18,23)(H,19,22)(H,20,21). The van der Waals surface area contributed by atoms with E-state index in [1.807, 2.05) is 0 Å². The molecule has 24 heavy (non-hydrogen) atoms. The maximum atomic E-state index is 13.9. The molecule has 0 aliphatic heterocycles. The zero-order valence-corrected chi connectivity index (χ0v) is 13.4. The summed E-state index contributed by atoms with van der Waals surface area (Å²) in [4.78, 5) is 24.1. The van der Waals surface area contributed by atoms with Crippen molar-refractivity contribution < 1.29 is 14.0 Å². The van der Waals surface area contributed by atoms with Gasteiger partial charge in [-0.2, -0.15) is 16.4 Å². The Morgan fingerprint density at radius 2 is 2.00 bits per heavy atom. The molecule has 0 unspecified atom stereocenters. The lowest BCUT2D eigenvalue weighted by Crippen LogP contribution is -2.14. The number of nitrogens with zero attached hydrogens (tertiary/aromatic N) is 1. The van der Waals surface area contributed by atoms with Crippen molar-refractivity contribution in [2.75, 3.05) is 10.6 Å². The van der Waals surface area contributed by atoms with E-state index in [1.165, 1.54) is 29.5 Å². The molecular weight excluding hydrogens is 331 g/mol. The van der Waals surface area contributed by atoms with E-state index in [1.54, 1.807) is 29.8 Å². The van der Waals surface area contributed by atoms with Gasteiger partial charge in [-0.3, -0.25) is 14.7 Å². The highest BCUT2D eigenvalue weighted by atomic mass is 32.1.